The molecule has 3 aromatic rings. The molecule has 0 spiro atoms. The third kappa shape index (κ3) is 4.39. The van der Waals surface area contributed by atoms with Crippen molar-refractivity contribution >= 4 is 29.3 Å². The van der Waals surface area contributed by atoms with Crippen LogP contribution in [0.15, 0.2) is 54.7 Å². The molecule has 0 N–H and O–H groups in total. The Morgan fingerprint density at radius 3 is 2.96 bits per heavy atom. The zero-order chi connectivity index (χ0) is 17.6. The van der Waals surface area contributed by atoms with Crippen LogP contribution in [0.5, 0.6) is 5.75 Å². The second-order valence-electron chi connectivity index (χ2n) is 5.38. The summed E-state index contributed by atoms with van der Waals surface area (Å²) in [5.41, 5.74) is 2.46. The van der Waals surface area contributed by atoms with Gasteiger partial charge in [0.05, 0.1) is 5.69 Å². The molecule has 0 saturated carbocycles. The van der Waals surface area contributed by atoms with Gasteiger partial charge in [-0.2, -0.15) is 0 Å². The van der Waals surface area contributed by atoms with Crippen LogP contribution in [0, 0.1) is 6.92 Å². The van der Waals surface area contributed by atoms with Crippen LogP contribution in [0.1, 0.15) is 11.3 Å². The van der Waals surface area contributed by atoms with Gasteiger partial charge in [-0.05, 0) is 42.8 Å². The van der Waals surface area contributed by atoms with Crippen molar-refractivity contribution in [1.29, 1.82) is 0 Å². The molecule has 1 aromatic carbocycles. The summed E-state index contributed by atoms with van der Waals surface area (Å²) in [5, 5.41) is 0.332. The Hall–Kier alpha value is -2.79. The monoisotopic (exact) mass is 356 g/mol. The van der Waals surface area contributed by atoms with Crippen molar-refractivity contribution in [3.8, 4) is 5.75 Å². The van der Waals surface area contributed by atoms with E-state index in [0.29, 0.717) is 23.1 Å². The summed E-state index contributed by atoms with van der Waals surface area (Å²) in [6, 6.07) is 13.3. The number of fused-ring (bicyclic) bond motifs is 1. The van der Waals surface area contributed by atoms with E-state index < -0.39 is 5.97 Å². The Kier molecular flexibility index (Phi) is 5.36. The summed E-state index contributed by atoms with van der Waals surface area (Å²) < 4.78 is 12.4. The first-order valence-electron chi connectivity index (χ1n) is 7.80. The lowest BCUT2D eigenvalue weighted by Crippen LogP contribution is -2.10. The Labute approximate surface area is 150 Å². The minimum Gasteiger partial charge on any atom is -0.490 e. The molecule has 2 aromatic heterocycles. The first kappa shape index (κ1) is 17.0. The number of aryl methyl sites for hydroxylation is 1. The summed E-state index contributed by atoms with van der Waals surface area (Å²) >= 11 is 6.10. The minimum absolute atomic E-state index is 0.165. The van der Waals surface area contributed by atoms with E-state index in [2.05, 4.69) is 4.98 Å². The van der Waals surface area contributed by atoms with Crippen LogP contribution in [0.25, 0.3) is 11.7 Å². The number of benzene rings is 1. The molecule has 0 saturated heterocycles. The second-order valence-corrected chi connectivity index (χ2v) is 5.74. The van der Waals surface area contributed by atoms with Crippen molar-refractivity contribution < 1.29 is 14.3 Å². The topological polar surface area (TPSA) is 52.8 Å². The first-order valence-corrected chi connectivity index (χ1v) is 8.18. The molecule has 2 heterocycles. The lowest BCUT2D eigenvalue weighted by Gasteiger charge is -2.06. The van der Waals surface area contributed by atoms with Gasteiger partial charge < -0.3 is 9.47 Å². The number of hydrogen-bond donors (Lipinski definition) is 0. The predicted octanol–water partition coefficient (Wildman–Crippen LogP) is 3.93. The van der Waals surface area contributed by atoms with Crippen LogP contribution in [0.2, 0.25) is 5.15 Å². The van der Waals surface area contributed by atoms with Gasteiger partial charge in [-0.3, -0.25) is 4.40 Å². The van der Waals surface area contributed by atoms with Crippen molar-refractivity contribution in [1.82, 2.24) is 9.38 Å². The van der Waals surface area contributed by atoms with Gasteiger partial charge in [-0.25, -0.2) is 9.78 Å². The maximum atomic E-state index is 11.8. The van der Waals surface area contributed by atoms with E-state index in [1.807, 2.05) is 55.6 Å². The van der Waals surface area contributed by atoms with Gasteiger partial charge in [0.15, 0.2) is 5.15 Å². The van der Waals surface area contributed by atoms with Crippen LogP contribution in [0.3, 0.4) is 0 Å². The number of rotatable bonds is 6. The number of hydrogen-bond acceptors (Lipinski definition) is 4. The smallest absolute Gasteiger partial charge is 0.330 e. The molecule has 0 aliphatic heterocycles. The molecule has 0 amide bonds. The Morgan fingerprint density at radius 1 is 1.24 bits per heavy atom. The first-order chi connectivity index (χ1) is 12.1. The quantitative estimate of drug-likeness (QED) is 0.381. The molecule has 0 radical (unpaired) electrons. The van der Waals surface area contributed by atoms with Gasteiger partial charge in [0, 0.05) is 12.3 Å². The van der Waals surface area contributed by atoms with Gasteiger partial charge in [0.2, 0.25) is 0 Å². The fourth-order valence-corrected chi connectivity index (χ4v) is 2.58. The second kappa shape index (κ2) is 7.85. The van der Waals surface area contributed by atoms with Crippen molar-refractivity contribution in [2.75, 3.05) is 13.2 Å². The Balaban J connectivity index is 1.52. The van der Waals surface area contributed by atoms with Crippen molar-refractivity contribution in [2.45, 2.75) is 6.92 Å². The van der Waals surface area contributed by atoms with E-state index in [9.17, 15) is 4.79 Å². The third-order valence-corrected chi connectivity index (χ3v) is 3.76. The van der Waals surface area contributed by atoms with E-state index in [4.69, 9.17) is 21.1 Å². The van der Waals surface area contributed by atoms with E-state index in [0.717, 1.165) is 11.3 Å². The molecule has 0 unspecified atom stereocenters. The zero-order valence-electron chi connectivity index (χ0n) is 13.7. The molecule has 6 heteroatoms. The highest BCUT2D eigenvalue weighted by Gasteiger charge is 2.07. The van der Waals surface area contributed by atoms with Crippen LogP contribution >= 0.6 is 11.6 Å². The maximum Gasteiger partial charge on any atom is 0.330 e. The number of esters is 1. The maximum absolute atomic E-state index is 11.8. The number of pyridine rings is 1. The van der Waals surface area contributed by atoms with Crippen molar-refractivity contribution in [3.05, 3.63) is 71.1 Å². The summed E-state index contributed by atoms with van der Waals surface area (Å²) in [4.78, 5) is 16.0. The number of aromatic nitrogens is 2. The molecule has 0 bridgehead atoms. The lowest BCUT2D eigenvalue weighted by molar-refractivity contribution is -0.138. The number of ether oxygens (including phenoxy) is 2. The largest absolute Gasteiger partial charge is 0.490 e. The molecule has 0 aliphatic carbocycles. The molecule has 25 heavy (non-hydrogen) atoms. The Bertz CT molecular complexity index is 918. The fourth-order valence-electron chi connectivity index (χ4n) is 2.34. The highest BCUT2D eigenvalue weighted by molar-refractivity contribution is 6.31. The standard InChI is InChI=1S/C19H17ClN2O3/c1-14-5-4-6-15(13-14)24-11-12-25-18(23)9-8-16-19(20)21-17-7-2-3-10-22(16)17/h2-10,13H,11-12H2,1H3/b9-8+. The molecule has 3 rings (SSSR count). The highest BCUT2D eigenvalue weighted by Crippen LogP contribution is 2.18. The average Bonchev–Trinajstić information content (AvgIpc) is 2.92. The lowest BCUT2D eigenvalue weighted by atomic mass is 10.2. The van der Waals surface area contributed by atoms with Gasteiger partial charge in [0.25, 0.3) is 0 Å². The Morgan fingerprint density at radius 2 is 2.12 bits per heavy atom. The average molecular weight is 357 g/mol. The van der Waals surface area contributed by atoms with Crippen LogP contribution < -0.4 is 4.74 Å². The van der Waals surface area contributed by atoms with E-state index in [1.54, 1.807) is 10.5 Å². The summed E-state index contributed by atoms with van der Waals surface area (Å²) in [6.07, 6.45) is 4.75. The van der Waals surface area contributed by atoms with Gasteiger partial charge in [-0.1, -0.05) is 29.8 Å². The van der Waals surface area contributed by atoms with E-state index >= 15 is 0 Å². The number of nitrogens with zero attached hydrogens (tertiary/aromatic N) is 2. The number of carbonyl (C=O) groups excluding carboxylic acids is 1. The molecule has 5 nitrogen and oxygen atoms in total. The molecule has 0 aliphatic rings. The van der Waals surface area contributed by atoms with Crippen molar-refractivity contribution in [3.63, 3.8) is 0 Å². The van der Waals surface area contributed by atoms with E-state index in [-0.39, 0.29) is 6.61 Å². The minimum atomic E-state index is -0.463. The summed E-state index contributed by atoms with van der Waals surface area (Å²) in [6.45, 7) is 2.44. The van der Waals surface area contributed by atoms with Crippen LogP contribution in [-0.2, 0) is 9.53 Å². The van der Waals surface area contributed by atoms with Crippen LogP contribution in [0.4, 0.5) is 0 Å². The van der Waals surface area contributed by atoms with Gasteiger partial charge >= 0.3 is 5.97 Å². The highest BCUT2D eigenvalue weighted by atomic mass is 35.5. The zero-order valence-corrected chi connectivity index (χ0v) is 14.4. The fraction of sp³-hybridized carbons (Fsp3) is 0.158. The summed E-state index contributed by atoms with van der Waals surface area (Å²) in [7, 11) is 0. The van der Waals surface area contributed by atoms with E-state index in [1.165, 1.54) is 6.08 Å². The number of carbonyl (C=O) groups is 1. The molecule has 0 fully saturated rings. The molecular formula is C19H17ClN2O3. The van der Waals surface area contributed by atoms with Gasteiger partial charge in [-0.15, -0.1) is 0 Å². The normalized spacial score (nSPS) is 11.1. The third-order valence-electron chi connectivity index (χ3n) is 3.49. The van der Waals surface area contributed by atoms with Crippen molar-refractivity contribution in [2.24, 2.45) is 0 Å². The van der Waals surface area contributed by atoms with Gasteiger partial charge in [0.1, 0.15) is 24.6 Å². The van der Waals surface area contributed by atoms with Crippen LogP contribution in [-0.4, -0.2) is 28.6 Å². The number of halogens is 1. The molecule has 0 atom stereocenters. The SMILES string of the molecule is Cc1cccc(OCCOC(=O)/C=C/c2c(Cl)nc3ccccn23)c1. The predicted molar refractivity (Wildman–Crippen MR) is 96.9 cm³/mol. The molecule has 128 valence electrons. The summed E-state index contributed by atoms with van der Waals surface area (Å²) in [5.74, 6) is 0.291. The molecular weight excluding hydrogens is 340 g/mol. The number of imidazole rings is 1.